The molecule has 0 spiro atoms. The van der Waals surface area contributed by atoms with E-state index in [1.807, 2.05) is 19.2 Å². The highest BCUT2D eigenvalue weighted by Crippen LogP contribution is 2.20. The number of rotatable bonds is 5. The Labute approximate surface area is 114 Å². The summed E-state index contributed by atoms with van der Waals surface area (Å²) in [6.45, 7) is 4.17. The lowest BCUT2D eigenvalue weighted by Gasteiger charge is -2.21. The summed E-state index contributed by atoms with van der Waals surface area (Å²) in [5.74, 6) is -0.193. The van der Waals surface area contributed by atoms with Crippen LogP contribution in [0.25, 0.3) is 5.69 Å². The van der Waals surface area contributed by atoms with Crippen LogP contribution in [0.2, 0.25) is 0 Å². The van der Waals surface area contributed by atoms with Gasteiger partial charge in [0.2, 0.25) is 0 Å². The van der Waals surface area contributed by atoms with Crippen molar-refractivity contribution < 1.29 is 9.90 Å². The van der Waals surface area contributed by atoms with E-state index in [1.54, 1.807) is 6.07 Å². The molecule has 0 fully saturated rings. The van der Waals surface area contributed by atoms with E-state index in [4.69, 9.17) is 5.11 Å². The second kappa shape index (κ2) is 5.45. The van der Waals surface area contributed by atoms with Crippen LogP contribution in [0.3, 0.4) is 0 Å². The summed E-state index contributed by atoms with van der Waals surface area (Å²) in [5.41, 5.74) is 0.302. The zero-order valence-electron chi connectivity index (χ0n) is 10.7. The van der Waals surface area contributed by atoms with Gasteiger partial charge < -0.3 is 10.4 Å². The van der Waals surface area contributed by atoms with Gasteiger partial charge in [0, 0.05) is 18.6 Å². The van der Waals surface area contributed by atoms with Gasteiger partial charge in [-0.25, -0.2) is 0 Å². The lowest BCUT2D eigenvalue weighted by atomic mass is 9.95. The molecule has 102 valence electrons. The number of nitrogens with zero attached hydrogens (tertiary/aromatic N) is 4. The van der Waals surface area contributed by atoms with Crippen LogP contribution in [-0.2, 0) is 0 Å². The smallest absolute Gasteiger partial charge is 0.263 e. The van der Waals surface area contributed by atoms with E-state index in [1.165, 1.54) is 22.3 Å². The van der Waals surface area contributed by atoms with Crippen LogP contribution < -0.4 is 5.32 Å². The third kappa shape index (κ3) is 3.15. The molecule has 0 atom stereocenters. The second-order valence-corrected chi connectivity index (χ2v) is 5.81. The van der Waals surface area contributed by atoms with E-state index in [2.05, 4.69) is 20.8 Å². The van der Waals surface area contributed by atoms with Gasteiger partial charge in [0.25, 0.3) is 5.91 Å². The first-order valence-corrected chi connectivity index (χ1v) is 6.61. The number of carbonyl (C=O) groups is 1. The summed E-state index contributed by atoms with van der Waals surface area (Å²) in [7, 11) is 0. The van der Waals surface area contributed by atoms with Crippen molar-refractivity contribution in [1.82, 2.24) is 25.5 Å². The van der Waals surface area contributed by atoms with Crippen LogP contribution in [0, 0.1) is 5.41 Å². The highest BCUT2D eigenvalue weighted by Gasteiger charge is 2.20. The van der Waals surface area contributed by atoms with Gasteiger partial charge in [-0.05, 0) is 21.9 Å². The molecule has 0 aliphatic rings. The number of aliphatic hydroxyl groups excluding tert-OH is 1. The molecule has 19 heavy (non-hydrogen) atoms. The lowest BCUT2D eigenvalue weighted by molar-refractivity contribution is 0.0915. The number of aliphatic hydroxyl groups is 1. The minimum absolute atomic E-state index is 0.0115. The van der Waals surface area contributed by atoms with Crippen LogP contribution in [0.5, 0.6) is 0 Å². The number of carbonyl (C=O) groups excluding carboxylic acids is 1. The highest BCUT2D eigenvalue weighted by atomic mass is 32.1. The summed E-state index contributed by atoms with van der Waals surface area (Å²) in [6, 6.07) is 1.78. The zero-order valence-corrected chi connectivity index (χ0v) is 11.5. The monoisotopic (exact) mass is 281 g/mol. The second-order valence-electron chi connectivity index (χ2n) is 4.89. The molecule has 0 aliphatic heterocycles. The third-order valence-corrected chi connectivity index (χ3v) is 3.50. The average Bonchev–Trinajstić information content (AvgIpc) is 3.05. The van der Waals surface area contributed by atoms with E-state index in [9.17, 15) is 4.79 Å². The Balaban J connectivity index is 2.11. The number of hydrogen-bond donors (Lipinski definition) is 2. The van der Waals surface area contributed by atoms with Gasteiger partial charge in [0.1, 0.15) is 11.2 Å². The van der Waals surface area contributed by atoms with Crippen molar-refractivity contribution in [2.24, 2.45) is 5.41 Å². The molecule has 0 aromatic carbocycles. The molecule has 7 nitrogen and oxygen atoms in total. The Hall–Kier alpha value is -1.80. The quantitative estimate of drug-likeness (QED) is 0.831. The van der Waals surface area contributed by atoms with Crippen LogP contribution in [-0.4, -0.2) is 44.4 Å². The van der Waals surface area contributed by atoms with E-state index >= 15 is 0 Å². The first-order chi connectivity index (χ1) is 9.03. The molecule has 2 aromatic heterocycles. The molecule has 0 saturated heterocycles. The molecule has 0 saturated carbocycles. The predicted octanol–water partition coefficient (Wildman–Crippen LogP) is 0.472. The molecule has 2 aromatic rings. The summed E-state index contributed by atoms with van der Waals surface area (Å²) in [5, 5.41) is 24.6. The van der Waals surface area contributed by atoms with Crippen LogP contribution in [0.1, 0.15) is 23.5 Å². The fourth-order valence-electron chi connectivity index (χ4n) is 1.38. The normalized spacial score (nSPS) is 11.5. The Morgan fingerprint density at radius 2 is 2.37 bits per heavy atom. The number of thiophene rings is 1. The first-order valence-electron chi connectivity index (χ1n) is 5.73. The number of tetrazole rings is 1. The molecule has 2 N–H and O–H groups in total. The van der Waals surface area contributed by atoms with E-state index in [-0.39, 0.29) is 17.9 Å². The first kappa shape index (κ1) is 13.6. The Kier molecular flexibility index (Phi) is 3.91. The molecule has 8 heteroatoms. The lowest BCUT2D eigenvalue weighted by Crippen LogP contribution is -2.36. The fraction of sp³-hybridized carbons (Fsp3) is 0.455. The fourth-order valence-corrected chi connectivity index (χ4v) is 2.17. The van der Waals surface area contributed by atoms with Crippen molar-refractivity contribution >= 4 is 17.2 Å². The van der Waals surface area contributed by atoms with Crippen molar-refractivity contribution in [2.45, 2.75) is 13.8 Å². The minimum Gasteiger partial charge on any atom is -0.396 e. The van der Waals surface area contributed by atoms with Gasteiger partial charge >= 0.3 is 0 Å². The standard InChI is InChI=1S/C11H15N5O2S/c1-11(2,6-17)5-12-10(18)9-8(3-4-19-9)16-7-13-14-15-16/h3-4,7,17H,5-6H2,1-2H3,(H,12,18). The van der Waals surface area contributed by atoms with E-state index in [0.717, 1.165) is 0 Å². The Morgan fingerprint density at radius 1 is 1.58 bits per heavy atom. The number of hydrogen-bond acceptors (Lipinski definition) is 6. The van der Waals surface area contributed by atoms with Gasteiger partial charge in [-0.15, -0.1) is 16.4 Å². The number of amides is 1. The van der Waals surface area contributed by atoms with E-state index < -0.39 is 0 Å². The maximum atomic E-state index is 12.1. The molecule has 0 aliphatic carbocycles. The highest BCUT2D eigenvalue weighted by molar-refractivity contribution is 7.12. The predicted molar refractivity (Wildman–Crippen MR) is 70.2 cm³/mol. The molecular formula is C11H15N5O2S. The zero-order chi connectivity index (χ0) is 13.9. The largest absolute Gasteiger partial charge is 0.396 e. The molecule has 1 amide bonds. The van der Waals surface area contributed by atoms with Crippen molar-refractivity contribution in [3.05, 3.63) is 22.7 Å². The molecule has 0 radical (unpaired) electrons. The topological polar surface area (TPSA) is 92.9 Å². The van der Waals surface area contributed by atoms with Gasteiger partial charge in [0.15, 0.2) is 0 Å². The molecule has 2 rings (SSSR count). The Morgan fingerprint density at radius 3 is 3.00 bits per heavy atom. The number of aromatic nitrogens is 4. The van der Waals surface area contributed by atoms with Crippen molar-refractivity contribution in [3.63, 3.8) is 0 Å². The van der Waals surface area contributed by atoms with Crippen LogP contribution in [0.4, 0.5) is 0 Å². The van der Waals surface area contributed by atoms with Gasteiger partial charge in [-0.2, -0.15) is 4.68 Å². The Bertz CT molecular complexity index is 549. The summed E-state index contributed by atoms with van der Waals surface area (Å²) in [4.78, 5) is 12.7. The maximum Gasteiger partial charge on any atom is 0.263 e. The van der Waals surface area contributed by atoms with Crippen LogP contribution >= 0.6 is 11.3 Å². The SMILES string of the molecule is CC(C)(CO)CNC(=O)c1sccc1-n1cnnn1. The third-order valence-electron chi connectivity index (χ3n) is 2.60. The molecule has 0 bridgehead atoms. The van der Waals surface area contributed by atoms with Crippen LogP contribution in [0.15, 0.2) is 17.8 Å². The molecule has 2 heterocycles. The van der Waals surface area contributed by atoms with Crippen molar-refractivity contribution in [3.8, 4) is 5.69 Å². The maximum absolute atomic E-state index is 12.1. The molecule has 0 unspecified atom stereocenters. The van der Waals surface area contributed by atoms with Crippen molar-refractivity contribution in [1.29, 1.82) is 0 Å². The summed E-state index contributed by atoms with van der Waals surface area (Å²) >= 11 is 1.32. The van der Waals surface area contributed by atoms with Gasteiger partial charge in [-0.1, -0.05) is 13.8 Å². The number of nitrogens with one attached hydrogen (secondary N) is 1. The summed E-state index contributed by atoms with van der Waals surface area (Å²) in [6.07, 6.45) is 1.44. The summed E-state index contributed by atoms with van der Waals surface area (Å²) < 4.78 is 1.45. The van der Waals surface area contributed by atoms with Gasteiger partial charge in [-0.3, -0.25) is 4.79 Å². The molecular weight excluding hydrogens is 266 g/mol. The minimum atomic E-state index is -0.345. The van der Waals surface area contributed by atoms with Gasteiger partial charge in [0.05, 0.1) is 5.69 Å². The average molecular weight is 281 g/mol. The van der Waals surface area contributed by atoms with E-state index in [0.29, 0.717) is 17.1 Å². The van der Waals surface area contributed by atoms with Crippen molar-refractivity contribution in [2.75, 3.05) is 13.2 Å².